The van der Waals surface area contributed by atoms with Crippen molar-refractivity contribution in [1.29, 1.82) is 0 Å². The lowest BCUT2D eigenvalue weighted by atomic mass is 10.1. The van der Waals surface area contributed by atoms with Crippen molar-refractivity contribution in [3.8, 4) is 22.9 Å². The third kappa shape index (κ3) is 3.95. The average Bonchev–Trinajstić information content (AvgIpc) is 3.18. The normalized spacial score (nSPS) is 15.1. The van der Waals surface area contributed by atoms with Crippen molar-refractivity contribution in [3.05, 3.63) is 48.5 Å². The summed E-state index contributed by atoms with van der Waals surface area (Å²) < 4.78 is 12.0. The van der Waals surface area contributed by atoms with Crippen molar-refractivity contribution in [2.45, 2.75) is 19.4 Å². The zero-order valence-corrected chi connectivity index (χ0v) is 16.6. The summed E-state index contributed by atoms with van der Waals surface area (Å²) in [6.45, 7) is 2.47. The maximum absolute atomic E-state index is 12.9. The maximum atomic E-state index is 12.9. The summed E-state index contributed by atoms with van der Waals surface area (Å²) in [5.41, 5.74) is 1.35. The number of nitrogens with zero attached hydrogens (tertiary/aromatic N) is 3. The highest BCUT2D eigenvalue weighted by Crippen LogP contribution is 2.28. The number of hydrogen-bond acceptors (Lipinski definition) is 6. The molecule has 0 fully saturated rings. The Bertz CT molecular complexity index is 1060. The number of anilines is 2. The van der Waals surface area contributed by atoms with E-state index in [0.717, 1.165) is 11.3 Å². The molecular weight excluding hydrogens is 386 g/mol. The van der Waals surface area contributed by atoms with Crippen molar-refractivity contribution in [1.82, 2.24) is 14.8 Å². The van der Waals surface area contributed by atoms with E-state index in [1.807, 2.05) is 19.1 Å². The third-order valence-electron chi connectivity index (χ3n) is 4.64. The molecule has 1 aromatic heterocycles. The second kappa shape index (κ2) is 8.24. The van der Waals surface area contributed by atoms with Crippen molar-refractivity contribution >= 4 is 23.5 Å². The highest BCUT2D eigenvalue weighted by Gasteiger charge is 2.33. The largest absolute Gasteiger partial charge is 0.497 e. The van der Waals surface area contributed by atoms with E-state index in [9.17, 15) is 9.59 Å². The molecule has 4 rings (SSSR count). The van der Waals surface area contributed by atoms with Crippen LogP contribution >= 0.6 is 0 Å². The molecule has 0 saturated heterocycles. The standard InChI is InChI=1S/C21H21N5O4/c1-3-30-16-10-6-14(7-11-16)22-20(28)17-12-18(27)23-21-24-19(25-26(17)21)13-4-8-15(29-2)9-5-13/h4-11,17H,3,12H2,1-2H3,(H,22,28)(H,23,24,25,27). The Morgan fingerprint density at radius 2 is 1.87 bits per heavy atom. The lowest BCUT2D eigenvalue weighted by molar-refractivity contribution is -0.125. The fraction of sp³-hybridized carbons (Fsp3) is 0.238. The number of benzene rings is 2. The van der Waals surface area contributed by atoms with Crippen LogP contribution in [0.5, 0.6) is 11.5 Å². The number of fused-ring (bicyclic) bond motifs is 1. The Hall–Kier alpha value is -3.88. The van der Waals surface area contributed by atoms with Crippen LogP contribution in [-0.4, -0.2) is 40.3 Å². The van der Waals surface area contributed by atoms with Crippen LogP contribution in [0.15, 0.2) is 48.5 Å². The molecule has 1 aliphatic rings. The molecule has 1 aliphatic heterocycles. The van der Waals surface area contributed by atoms with Gasteiger partial charge in [-0.15, -0.1) is 5.10 Å². The smallest absolute Gasteiger partial charge is 0.249 e. The summed E-state index contributed by atoms with van der Waals surface area (Å²) in [7, 11) is 1.59. The minimum atomic E-state index is -0.806. The number of aromatic nitrogens is 3. The van der Waals surface area contributed by atoms with Gasteiger partial charge in [-0.2, -0.15) is 4.98 Å². The molecule has 2 N–H and O–H groups in total. The summed E-state index contributed by atoms with van der Waals surface area (Å²) >= 11 is 0. The van der Waals surface area contributed by atoms with Crippen LogP contribution in [0.1, 0.15) is 19.4 Å². The number of carbonyl (C=O) groups excluding carboxylic acids is 2. The molecule has 2 aromatic carbocycles. The summed E-state index contributed by atoms with van der Waals surface area (Å²) in [4.78, 5) is 29.4. The Kier molecular flexibility index (Phi) is 5.34. The van der Waals surface area contributed by atoms with Gasteiger partial charge in [0.2, 0.25) is 17.8 Å². The summed E-state index contributed by atoms with van der Waals surface area (Å²) in [6, 6.07) is 13.5. The van der Waals surface area contributed by atoms with Crippen LogP contribution in [0.25, 0.3) is 11.4 Å². The van der Waals surface area contributed by atoms with Crippen LogP contribution in [-0.2, 0) is 9.59 Å². The SMILES string of the molecule is CCOc1ccc(NC(=O)C2CC(=O)Nc3nc(-c4ccc(OC)cc4)nn32)cc1. The topological polar surface area (TPSA) is 107 Å². The monoisotopic (exact) mass is 407 g/mol. The van der Waals surface area contributed by atoms with E-state index in [2.05, 4.69) is 20.7 Å². The molecule has 1 atom stereocenters. The first-order chi connectivity index (χ1) is 14.6. The lowest BCUT2D eigenvalue weighted by Crippen LogP contribution is -2.36. The molecule has 0 bridgehead atoms. The van der Waals surface area contributed by atoms with E-state index >= 15 is 0 Å². The van der Waals surface area contributed by atoms with Crippen LogP contribution in [0.2, 0.25) is 0 Å². The minimum Gasteiger partial charge on any atom is -0.497 e. The lowest BCUT2D eigenvalue weighted by Gasteiger charge is -2.22. The summed E-state index contributed by atoms with van der Waals surface area (Å²) in [6.07, 6.45) is -0.0265. The first kappa shape index (κ1) is 19.4. The second-order valence-corrected chi connectivity index (χ2v) is 6.65. The van der Waals surface area contributed by atoms with Gasteiger partial charge >= 0.3 is 0 Å². The van der Waals surface area contributed by atoms with Gasteiger partial charge in [0.05, 0.1) is 20.1 Å². The molecule has 0 radical (unpaired) electrons. The number of hydrogen-bond donors (Lipinski definition) is 2. The molecule has 0 spiro atoms. The first-order valence-electron chi connectivity index (χ1n) is 9.52. The van der Waals surface area contributed by atoms with Gasteiger partial charge < -0.3 is 14.8 Å². The maximum Gasteiger partial charge on any atom is 0.249 e. The first-order valence-corrected chi connectivity index (χ1v) is 9.52. The molecule has 154 valence electrons. The van der Waals surface area contributed by atoms with Gasteiger partial charge in [-0.05, 0) is 55.5 Å². The van der Waals surface area contributed by atoms with E-state index in [4.69, 9.17) is 9.47 Å². The Morgan fingerprint density at radius 1 is 1.17 bits per heavy atom. The zero-order valence-electron chi connectivity index (χ0n) is 16.6. The number of amides is 2. The van der Waals surface area contributed by atoms with Crippen molar-refractivity contribution in [2.24, 2.45) is 0 Å². The summed E-state index contributed by atoms with van der Waals surface area (Å²) in [5.74, 6) is 1.45. The molecular formula is C21H21N5O4. The Balaban J connectivity index is 1.56. The van der Waals surface area contributed by atoms with Gasteiger partial charge in [0.1, 0.15) is 17.5 Å². The van der Waals surface area contributed by atoms with E-state index in [1.54, 1.807) is 43.5 Å². The molecule has 9 nitrogen and oxygen atoms in total. The van der Waals surface area contributed by atoms with Crippen LogP contribution in [0.3, 0.4) is 0 Å². The van der Waals surface area contributed by atoms with Crippen molar-refractivity contribution in [3.63, 3.8) is 0 Å². The van der Waals surface area contributed by atoms with Gasteiger partial charge in [0, 0.05) is 11.3 Å². The second-order valence-electron chi connectivity index (χ2n) is 6.65. The number of carbonyl (C=O) groups is 2. The fourth-order valence-corrected chi connectivity index (χ4v) is 3.16. The molecule has 30 heavy (non-hydrogen) atoms. The fourth-order valence-electron chi connectivity index (χ4n) is 3.16. The Morgan fingerprint density at radius 3 is 2.53 bits per heavy atom. The quantitative estimate of drug-likeness (QED) is 0.651. The van der Waals surface area contributed by atoms with E-state index in [-0.39, 0.29) is 24.2 Å². The number of nitrogens with one attached hydrogen (secondary N) is 2. The van der Waals surface area contributed by atoms with E-state index < -0.39 is 6.04 Å². The van der Waals surface area contributed by atoms with Gasteiger partial charge in [-0.3, -0.25) is 14.9 Å². The number of ether oxygens (including phenoxy) is 2. The van der Waals surface area contributed by atoms with Gasteiger partial charge in [0.25, 0.3) is 0 Å². The molecule has 2 heterocycles. The average molecular weight is 407 g/mol. The third-order valence-corrected chi connectivity index (χ3v) is 4.64. The van der Waals surface area contributed by atoms with E-state index in [1.165, 1.54) is 4.68 Å². The number of methoxy groups -OCH3 is 1. The van der Waals surface area contributed by atoms with Crippen LogP contribution < -0.4 is 20.1 Å². The molecule has 0 saturated carbocycles. The predicted molar refractivity (Wildman–Crippen MR) is 111 cm³/mol. The van der Waals surface area contributed by atoms with Crippen molar-refractivity contribution in [2.75, 3.05) is 24.4 Å². The predicted octanol–water partition coefficient (Wildman–Crippen LogP) is 2.87. The van der Waals surface area contributed by atoms with Crippen LogP contribution in [0.4, 0.5) is 11.6 Å². The minimum absolute atomic E-state index is 0.0265. The summed E-state index contributed by atoms with van der Waals surface area (Å²) in [5, 5.41) is 9.96. The van der Waals surface area contributed by atoms with Crippen molar-refractivity contribution < 1.29 is 19.1 Å². The molecule has 2 amide bonds. The van der Waals surface area contributed by atoms with Crippen LogP contribution in [0, 0.1) is 0 Å². The van der Waals surface area contributed by atoms with Gasteiger partial charge in [-0.1, -0.05) is 0 Å². The van der Waals surface area contributed by atoms with Gasteiger partial charge in [0.15, 0.2) is 5.82 Å². The highest BCUT2D eigenvalue weighted by atomic mass is 16.5. The Labute approximate surface area is 173 Å². The molecule has 9 heteroatoms. The molecule has 3 aromatic rings. The van der Waals surface area contributed by atoms with E-state index in [0.29, 0.717) is 23.9 Å². The molecule has 1 unspecified atom stereocenters. The van der Waals surface area contributed by atoms with Gasteiger partial charge in [-0.25, -0.2) is 4.68 Å². The number of rotatable bonds is 6. The molecule has 0 aliphatic carbocycles. The highest BCUT2D eigenvalue weighted by molar-refractivity contribution is 6.00. The zero-order chi connectivity index (χ0) is 21.1.